The quantitative estimate of drug-likeness (QED) is 0.890. The van der Waals surface area contributed by atoms with Crippen LogP contribution in [-0.4, -0.2) is 38.3 Å². The Morgan fingerprint density at radius 1 is 1.19 bits per heavy atom. The van der Waals surface area contributed by atoms with Crippen LogP contribution in [0.25, 0.3) is 0 Å². The van der Waals surface area contributed by atoms with Crippen LogP contribution in [0, 0.1) is 0 Å². The van der Waals surface area contributed by atoms with Gasteiger partial charge in [0.2, 0.25) is 15.9 Å². The van der Waals surface area contributed by atoms with Crippen molar-refractivity contribution in [3.8, 4) is 0 Å². The van der Waals surface area contributed by atoms with Gasteiger partial charge >= 0.3 is 6.18 Å². The monoisotopic (exact) mass is 322 g/mol. The van der Waals surface area contributed by atoms with E-state index < -0.39 is 26.7 Å². The second-order valence-electron chi connectivity index (χ2n) is 4.53. The minimum atomic E-state index is -4.61. The number of nitrogens with zero attached hydrogens (tertiary/aromatic N) is 1. The average molecular weight is 322 g/mol. The summed E-state index contributed by atoms with van der Waals surface area (Å²) in [5.74, 6) is -0.281. The van der Waals surface area contributed by atoms with E-state index in [9.17, 15) is 26.4 Å². The number of sulfonamides is 1. The van der Waals surface area contributed by atoms with Gasteiger partial charge < -0.3 is 5.32 Å². The Balaban J connectivity index is 2.33. The molecule has 2 rings (SSSR count). The fourth-order valence-corrected chi connectivity index (χ4v) is 3.46. The van der Waals surface area contributed by atoms with Crippen molar-refractivity contribution >= 4 is 15.9 Å². The van der Waals surface area contributed by atoms with E-state index in [1.54, 1.807) is 0 Å². The van der Waals surface area contributed by atoms with Crippen molar-refractivity contribution in [1.82, 2.24) is 9.62 Å². The third-order valence-corrected chi connectivity index (χ3v) is 4.97. The van der Waals surface area contributed by atoms with E-state index in [1.807, 2.05) is 0 Å². The second kappa shape index (κ2) is 5.64. The maximum atomic E-state index is 12.7. The summed E-state index contributed by atoms with van der Waals surface area (Å²) in [6, 6.07) is 3.59. The van der Waals surface area contributed by atoms with Crippen molar-refractivity contribution in [2.24, 2.45) is 0 Å². The van der Waals surface area contributed by atoms with Gasteiger partial charge in [-0.1, -0.05) is 6.07 Å². The molecular weight excluding hydrogens is 309 g/mol. The summed E-state index contributed by atoms with van der Waals surface area (Å²) in [6.45, 7) is 0.117. The fourth-order valence-electron chi connectivity index (χ4n) is 1.97. The van der Waals surface area contributed by atoms with E-state index in [2.05, 4.69) is 5.32 Å². The van der Waals surface area contributed by atoms with Crippen molar-refractivity contribution in [2.45, 2.75) is 17.5 Å². The second-order valence-corrected chi connectivity index (χ2v) is 6.47. The van der Waals surface area contributed by atoms with Gasteiger partial charge in [-0.3, -0.25) is 4.79 Å². The van der Waals surface area contributed by atoms with Crippen LogP contribution in [-0.2, 0) is 21.0 Å². The van der Waals surface area contributed by atoms with Crippen molar-refractivity contribution in [3.63, 3.8) is 0 Å². The van der Waals surface area contributed by atoms with Gasteiger partial charge in [-0.25, -0.2) is 8.42 Å². The SMILES string of the molecule is O=C1CCN(S(=O)(=O)c2cccc(C(F)(F)F)c2)CCN1. The molecule has 1 aliphatic heterocycles. The summed E-state index contributed by atoms with van der Waals surface area (Å²) in [6.07, 6.45) is -4.62. The number of rotatable bonds is 2. The molecule has 0 bridgehead atoms. The number of carbonyl (C=O) groups excluding carboxylic acids is 1. The zero-order valence-corrected chi connectivity index (χ0v) is 11.7. The molecule has 9 heteroatoms. The van der Waals surface area contributed by atoms with Crippen LogP contribution < -0.4 is 5.32 Å². The number of hydrogen-bond acceptors (Lipinski definition) is 3. The summed E-state index contributed by atoms with van der Waals surface area (Å²) in [4.78, 5) is 10.8. The first-order chi connectivity index (χ1) is 9.71. The zero-order valence-electron chi connectivity index (χ0n) is 10.9. The molecule has 1 saturated heterocycles. The van der Waals surface area contributed by atoms with Crippen LogP contribution in [0.4, 0.5) is 13.2 Å². The molecule has 1 fully saturated rings. The molecule has 1 aromatic rings. The highest BCUT2D eigenvalue weighted by atomic mass is 32.2. The standard InChI is InChI=1S/C12H13F3N2O3S/c13-12(14,15)9-2-1-3-10(8-9)21(19,20)17-6-4-11(18)16-5-7-17/h1-3,8H,4-7H2,(H,16,18). The molecule has 1 N–H and O–H groups in total. The molecule has 0 radical (unpaired) electrons. The van der Waals surface area contributed by atoms with E-state index in [4.69, 9.17) is 0 Å². The Labute approximate surface area is 119 Å². The predicted molar refractivity (Wildman–Crippen MR) is 67.8 cm³/mol. The predicted octanol–water partition coefficient (Wildman–Crippen LogP) is 1.22. The average Bonchev–Trinajstić information content (AvgIpc) is 2.63. The maximum Gasteiger partial charge on any atom is 0.416 e. The number of amides is 1. The molecule has 0 atom stereocenters. The lowest BCUT2D eigenvalue weighted by Crippen LogP contribution is -2.34. The first kappa shape index (κ1) is 15.8. The van der Waals surface area contributed by atoms with Gasteiger partial charge in [-0.2, -0.15) is 17.5 Å². The van der Waals surface area contributed by atoms with Crippen molar-refractivity contribution in [3.05, 3.63) is 29.8 Å². The molecule has 1 aliphatic rings. The third-order valence-electron chi connectivity index (χ3n) is 3.07. The van der Waals surface area contributed by atoms with Gasteiger partial charge in [0.1, 0.15) is 0 Å². The Morgan fingerprint density at radius 2 is 1.90 bits per heavy atom. The smallest absolute Gasteiger partial charge is 0.355 e. The van der Waals surface area contributed by atoms with E-state index in [1.165, 1.54) is 0 Å². The highest BCUT2D eigenvalue weighted by molar-refractivity contribution is 7.89. The van der Waals surface area contributed by atoms with Crippen LogP contribution in [0.3, 0.4) is 0 Å². The highest BCUT2D eigenvalue weighted by Gasteiger charge is 2.33. The van der Waals surface area contributed by atoms with Crippen LogP contribution in [0.1, 0.15) is 12.0 Å². The van der Waals surface area contributed by atoms with Gasteiger partial charge in [-0.05, 0) is 18.2 Å². The molecule has 0 saturated carbocycles. The number of benzene rings is 1. The number of hydrogen-bond donors (Lipinski definition) is 1. The van der Waals surface area contributed by atoms with Crippen LogP contribution >= 0.6 is 0 Å². The van der Waals surface area contributed by atoms with Gasteiger partial charge in [0.05, 0.1) is 10.5 Å². The van der Waals surface area contributed by atoms with Crippen molar-refractivity contribution in [2.75, 3.05) is 19.6 Å². The van der Waals surface area contributed by atoms with Gasteiger partial charge in [-0.15, -0.1) is 0 Å². The Bertz CT molecular complexity index is 643. The summed E-state index contributed by atoms with van der Waals surface area (Å²) in [5.41, 5.74) is -1.02. The molecule has 1 amide bonds. The van der Waals surface area contributed by atoms with Gasteiger partial charge in [0, 0.05) is 26.1 Å². The zero-order chi connectivity index (χ0) is 15.7. The molecule has 1 heterocycles. The molecule has 0 aromatic heterocycles. The van der Waals surface area contributed by atoms with Crippen LogP contribution in [0.5, 0.6) is 0 Å². The van der Waals surface area contributed by atoms with E-state index in [-0.39, 0.29) is 32.0 Å². The molecule has 0 unspecified atom stereocenters. The topological polar surface area (TPSA) is 66.5 Å². The largest absolute Gasteiger partial charge is 0.416 e. The minimum absolute atomic E-state index is 0.0157. The lowest BCUT2D eigenvalue weighted by Gasteiger charge is -2.19. The summed E-state index contributed by atoms with van der Waals surface area (Å²) < 4.78 is 63.7. The first-order valence-electron chi connectivity index (χ1n) is 6.15. The normalized spacial score (nSPS) is 18.1. The summed E-state index contributed by atoms with van der Waals surface area (Å²) in [5, 5.41) is 2.51. The fraction of sp³-hybridized carbons (Fsp3) is 0.417. The molecule has 0 spiro atoms. The van der Waals surface area contributed by atoms with Crippen molar-refractivity contribution < 1.29 is 26.4 Å². The van der Waals surface area contributed by atoms with E-state index in [0.717, 1.165) is 22.5 Å². The van der Waals surface area contributed by atoms with Crippen molar-refractivity contribution in [1.29, 1.82) is 0 Å². The van der Waals surface area contributed by atoms with E-state index >= 15 is 0 Å². The molecular formula is C12H13F3N2O3S. The Hall–Kier alpha value is -1.61. The lowest BCUT2D eigenvalue weighted by molar-refractivity contribution is -0.137. The first-order valence-corrected chi connectivity index (χ1v) is 7.59. The Morgan fingerprint density at radius 3 is 2.57 bits per heavy atom. The van der Waals surface area contributed by atoms with Gasteiger partial charge in [0.15, 0.2) is 0 Å². The Kier molecular flexibility index (Phi) is 4.24. The molecule has 5 nitrogen and oxygen atoms in total. The highest BCUT2D eigenvalue weighted by Crippen LogP contribution is 2.31. The van der Waals surface area contributed by atoms with E-state index in [0.29, 0.717) is 6.07 Å². The molecule has 1 aromatic carbocycles. The number of halogens is 3. The lowest BCUT2D eigenvalue weighted by atomic mass is 10.2. The number of nitrogens with one attached hydrogen (secondary N) is 1. The molecule has 0 aliphatic carbocycles. The summed E-state index contributed by atoms with van der Waals surface area (Å²) in [7, 11) is -4.05. The minimum Gasteiger partial charge on any atom is -0.355 e. The number of carbonyl (C=O) groups is 1. The van der Waals surface area contributed by atoms with Crippen LogP contribution in [0.15, 0.2) is 29.2 Å². The third kappa shape index (κ3) is 3.53. The number of alkyl halides is 3. The molecule has 21 heavy (non-hydrogen) atoms. The maximum absolute atomic E-state index is 12.7. The summed E-state index contributed by atoms with van der Waals surface area (Å²) >= 11 is 0. The van der Waals surface area contributed by atoms with Crippen LogP contribution in [0.2, 0.25) is 0 Å². The molecule has 116 valence electrons. The van der Waals surface area contributed by atoms with Gasteiger partial charge in [0.25, 0.3) is 0 Å².